The van der Waals surface area contributed by atoms with E-state index in [2.05, 4.69) is 4.90 Å². The number of carboxylic acids is 1. The van der Waals surface area contributed by atoms with E-state index < -0.39 is 11.9 Å². The Hall–Kier alpha value is -1.39. The highest BCUT2D eigenvalue weighted by Crippen LogP contribution is 2.22. The molecule has 116 valence electrons. The minimum Gasteiger partial charge on any atom is -0.481 e. The quantitative estimate of drug-likeness (QED) is 0.875. The number of carboxylic acid groups (broad SMARTS) is 1. The van der Waals surface area contributed by atoms with E-state index in [1.807, 2.05) is 31.2 Å². The zero-order valence-electron chi connectivity index (χ0n) is 12.8. The van der Waals surface area contributed by atoms with Crippen molar-refractivity contribution >= 4 is 5.97 Å². The molecule has 1 saturated heterocycles. The van der Waals surface area contributed by atoms with E-state index in [-0.39, 0.29) is 6.10 Å². The molecule has 2 rings (SSSR count). The molecule has 0 aromatic heterocycles. The van der Waals surface area contributed by atoms with Crippen LogP contribution in [0.5, 0.6) is 0 Å². The highest BCUT2D eigenvalue weighted by atomic mass is 16.4. The lowest BCUT2D eigenvalue weighted by Crippen LogP contribution is -2.36. The first-order chi connectivity index (χ1) is 9.97. The Morgan fingerprint density at radius 3 is 2.29 bits per heavy atom. The Labute approximate surface area is 126 Å². The second kappa shape index (κ2) is 7.05. The van der Waals surface area contributed by atoms with Crippen LogP contribution >= 0.6 is 0 Å². The number of benzene rings is 1. The molecule has 1 aromatic carbocycles. The first kappa shape index (κ1) is 16.0. The summed E-state index contributed by atoms with van der Waals surface area (Å²) >= 11 is 0. The molecule has 0 bridgehead atoms. The third-order valence-corrected chi connectivity index (χ3v) is 4.57. The maximum absolute atomic E-state index is 11.0. The zero-order valence-corrected chi connectivity index (χ0v) is 12.8. The van der Waals surface area contributed by atoms with Crippen molar-refractivity contribution in [1.29, 1.82) is 0 Å². The Balaban J connectivity index is 1.88. The average molecular weight is 291 g/mol. The predicted molar refractivity (Wildman–Crippen MR) is 82.2 cm³/mol. The van der Waals surface area contributed by atoms with Crippen LogP contribution < -0.4 is 0 Å². The van der Waals surface area contributed by atoms with Crippen LogP contribution in [0.2, 0.25) is 0 Å². The maximum atomic E-state index is 11.0. The van der Waals surface area contributed by atoms with Crippen molar-refractivity contribution in [2.75, 3.05) is 13.1 Å². The van der Waals surface area contributed by atoms with Gasteiger partial charge in [-0.2, -0.15) is 0 Å². The van der Waals surface area contributed by atoms with Gasteiger partial charge in [0.15, 0.2) is 0 Å². The third kappa shape index (κ3) is 4.29. The second-order valence-electron chi connectivity index (χ2n) is 6.16. The van der Waals surface area contributed by atoms with Gasteiger partial charge in [-0.05, 0) is 56.8 Å². The number of aliphatic carboxylic acids is 1. The van der Waals surface area contributed by atoms with Crippen molar-refractivity contribution in [2.24, 2.45) is 5.92 Å². The molecule has 2 unspecified atom stereocenters. The predicted octanol–water partition coefficient (Wildman–Crippen LogP) is 2.47. The zero-order chi connectivity index (χ0) is 15.4. The van der Waals surface area contributed by atoms with E-state index in [1.165, 1.54) is 5.56 Å². The number of nitrogens with zero attached hydrogens (tertiary/aromatic N) is 1. The first-order valence-electron chi connectivity index (χ1n) is 7.69. The molecule has 1 aliphatic heterocycles. The molecular weight excluding hydrogens is 266 g/mol. The van der Waals surface area contributed by atoms with Gasteiger partial charge in [-0.3, -0.25) is 9.69 Å². The highest BCUT2D eigenvalue weighted by molar-refractivity contribution is 5.75. The van der Waals surface area contributed by atoms with Gasteiger partial charge in [-0.15, -0.1) is 0 Å². The molecule has 2 atom stereocenters. The lowest BCUT2D eigenvalue weighted by molar-refractivity contribution is -0.138. The van der Waals surface area contributed by atoms with Crippen LogP contribution in [0.1, 0.15) is 43.7 Å². The molecule has 21 heavy (non-hydrogen) atoms. The number of likely N-dealkylation sites (tertiary alicyclic amines) is 1. The van der Waals surface area contributed by atoms with E-state index >= 15 is 0 Å². The monoisotopic (exact) mass is 291 g/mol. The summed E-state index contributed by atoms with van der Waals surface area (Å²) in [6.45, 7) is 6.51. The van der Waals surface area contributed by atoms with Crippen molar-refractivity contribution in [3.63, 3.8) is 0 Å². The van der Waals surface area contributed by atoms with E-state index in [4.69, 9.17) is 5.11 Å². The Morgan fingerprint density at radius 1 is 1.24 bits per heavy atom. The summed E-state index contributed by atoms with van der Waals surface area (Å²) in [5, 5.41) is 18.6. The van der Waals surface area contributed by atoms with Gasteiger partial charge in [0.2, 0.25) is 0 Å². The molecular formula is C17H25NO3. The van der Waals surface area contributed by atoms with Crippen LogP contribution in [-0.4, -0.2) is 40.3 Å². The van der Waals surface area contributed by atoms with Crippen LogP contribution in [0.3, 0.4) is 0 Å². The van der Waals surface area contributed by atoms with Crippen molar-refractivity contribution in [1.82, 2.24) is 4.90 Å². The summed E-state index contributed by atoms with van der Waals surface area (Å²) in [4.78, 5) is 13.4. The average Bonchev–Trinajstić information content (AvgIpc) is 2.47. The summed E-state index contributed by atoms with van der Waals surface area (Å²) in [5.74, 6) is -0.816. The summed E-state index contributed by atoms with van der Waals surface area (Å²) in [5.41, 5.74) is 2.06. The minimum absolute atomic E-state index is 0.205. The van der Waals surface area contributed by atoms with Gasteiger partial charge in [0, 0.05) is 6.54 Å². The standard InChI is InChI=1S/C17H25NO3/c1-12(17(20)21)15-5-3-14(4-6-15)11-18-9-7-16(8-10-18)13(2)19/h3-6,12-13,16,19H,7-11H2,1-2H3,(H,20,21). The summed E-state index contributed by atoms with van der Waals surface area (Å²) in [6.07, 6.45) is 1.89. The van der Waals surface area contributed by atoms with Gasteiger partial charge in [0.05, 0.1) is 12.0 Å². The van der Waals surface area contributed by atoms with E-state index in [0.29, 0.717) is 5.92 Å². The number of rotatable bonds is 5. The van der Waals surface area contributed by atoms with Gasteiger partial charge in [0.25, 0.3) is 0 Å². The van der Waals surface area contributed by atoms with Crippen LogP contribution in [0.4, 0.5) is 0 Å². The summed E-state index contributed by atoms with van der Waals surface area (Å²) in [7, 11) is 0. The molecule has 0 spiro atoms. The lowest BCUT2D eigenvalue weighted by Gasteiger charge is -2.33. The fourth-order valence-corrected chi connectivity index (χ4v) is 2.91. The van der Waals surface area contributed by atoms with E-state index in [9.17, 15) is 9.90 Å². The van der Waals surface area contributed by atoms with Gasteiger partial charge < -0.3 is 10.2 Å². The molecule has 1 aliphatic rings. The molecule has 4 nitrogen and oxygen atoms in total. The van der Waals surface area contributed by atoms with Crippen molar-refractivity contribution in [3.05, 3.63) is 35.4 Å². The largest absolute Gasteiger partial charge is 0.481 e. The first-order valence-corrected chi connectivity index (χ1v) is 7.69. The van der Waals surface area contributed by atoms with Crippen LogP contribution in [0.25, 0.3) is 0 Å². The highest BCUT2D eigenvalue weighted by Gasteiger charge is 2.22. The minimum atomic E-state index is -0.789. The summed E-state index contributed by atoms with van der Waals surface area (Å²) in [6, 6.07) is 7.87. The fourth-order valence-electron chi connectivity index (χ4n) is 2.91. The molecule has 1 aromatic rings. The lowest BCUT2D eigenvalue weighted by atomic mass is 9.92. The molecule has 0 saturated carbocycles. The molecule has 1 fully saturated rings. The Bertz CT molecular complexity index is 461. The number of hydrogen-bond donors (Lipinski definition) is 2. The SMILES string of the molecule is CC(C(=O)O)c1ccc(CN2CCC(C(C)O)CC2)cc1. The second-order valence-corrected chi connectivity index (χ2v) is 6.16. The molecule has 0 radical (unpaired) electrons. The molecule has 0 aliphatic carbocycles. The molecule has 4 heteroatoms. The molecule has 2 N–H and O–H groups in total. The Kier molecular flexibility index (Phi) is 5.37. The maximum Gasteiger partial charge on any atom is 0.310 e. The third-order valence-electron chi connectivity index (χ3n) is 4.57. The number of carbonyl (C=O) groups is 1. The number of aliphatic hydroxyl groups excluding tert-OH is 1. The van der Waals surface area contributed by atoms with Crippen molar-refractivity contribution < 1.29 is 15.0 Å². The molecule has 1 heterocycles. The van der Waals surface area contributed by atoms with Gasteiger partial charge in [0.1, 0.15) is 0 Å². The van der Waals surface area contributed by atoms with Gasteiger partial charge in [-0.25, -0.2) is 0 Å². The topological polar surface area (TPSA) is 60.8 Å². The normalized spacial score (nSPS) is 20.1. The van der Waals surface area contributed by atoms with E-state index in [1.54, 1.807) is 6.92 Å². The van der Waals surface area contributed by atoms with Gasteiger partial charge >= 0.3 is 5.97 Å². The Morgan fingerprint density at radius 2 is 1.81 bits per heavy atom. The summed E-state index contributed by atoms with van der Waals surface area (Å²) < 4.78 is 0. The smallest absolute Gasteiger partial charge is 0.310 e. The number of piperidine rings is 1. The fraction of sp³-hybridized carbons (Fsp3) is 0.588. The van der Waals surface area contributed by atoms with Crippen LogP contribution in [0.15, 0.2) is 24.3 Å². The van der Waals surface area contributed by atoms with Gasteiger partial charge in [-0.1, -0.05) is 24.3 Å². The van der Waals surface area contributed by atoms with Crippen molar-refractivity contribution in [2.45, 2.75) is 45.3 Å². The number of hydrogen-bond acceptors (Lipinski definition) is 3. The van der Waals surface area contributed by atoms with Crippen LogP contribution in [0, 0.1) is 5.92 Å². The van der Waals surface area contributed by atoms with E-state index in [0.717, 1.165) is 38.0 Å². The number of aliphatic hydroxyl groups is 1. The van der Waals surface area contributed by atoms with Crippen LogP contribution in [-0.2, 0) is 11.3 Å². The molecule has 0 amide bonds. The van der Waals surface area contributed by atoms with Crippen molar-refractivity contribution in [3.8, 4) is 0 Å².